The van der Waals surface area contributed by atoms with E-state index >= 15 is 0 Å². The van der Waals surface area contributed by atoms with Crippen LogP contribution in [0.2, 0.25) is 0 Å². The number of nitrogens with zero attached hydrogens (tertiary/aromatic N) is 2. The Morgan fingerprint density at radius 3 is 3.21 bits per heavy atom. The van der Waals surface area contributed by atoms with Crippen molar-refractivity contribution in [2.75, 3.05) is 19.7 Å². The number of hydrogen-bond donors (Lipinski definition) is 1. The van der Waals surface area contributed by atoms with Gasteiger partial charge in [-0.1, -0.05) is 6.07 Å². The third-order valence-corrected chi connectivity index (χ3v) is 2.82. The van der Waals surface area contributed by atoms with E-state index in [1.165, 1.54) is 18.4 Å². The molecule has 0 amide bonds. The lowest BCUT2D eigenvalue weighted by Crippen LogP contribution is -2.26. The molecule has 14 heavy (non-hydrogen) atoms. The van der Waals surface area contributed by atoms with Crippen LogP contribution < -0.4 is 0 Å². The van der Waals surface area contributed by atoms with Crippen molar-refractivity contribution in [3.63, 3.8) is 0 Å². The topological polar surface area (TPSA) is 36.4 Å². The molecule has 0 saturated carbocycles. The lowest BCUT2D eigenvalue weighted by molar-refractivity contribution is 0.185. The van der Waals surface area contributed by atoms with Crippen molar-refractivity contribution in [1.29, 1.82) is 0 Å². The molecule has 0 bridgehead atoms. The number of β-amino-alcohol motifs (C(OH)–C–C–N with tert-alkyl or cyclic N) is 1. The van der Waals surface area contributed by atoms with Crippen LogP contribution in [-0.2, 0) is 0 Å². The highest BCUT2D eigenvalue weighted by Gasteiger charge is 2.24. The number of hydrogen-bond acceptors (Lipinski definition) is 3. The van der Waals surface area contributed by atoms with E-state index in [0.717, 1.165) is 13.1 Å². The van der Waals surface area contributed by atoms with Crippen LogP contribution in [0.25, 0.3) is 0 Å². The van der Waals surface area contributed by atoms with Crippen LogP contribution in [0, 0.1) is 0 Å². The van der Waals surface area contributed by atoms with Crippen molar-refractivity contribution in [1.82, 2.24) is 9.88 Å². The fourth-order valence-electron chi connectivity index (χ4n) is 2.17. The number of aromatic nitrogens is 1. The van der Waals surface area contributed by atoms with Crippen molar-refractivity contribution >= 4 is 0 Å². The molecule has 0 aromatic carbocycles. The third kappa shape index (κ3) is 1.94. The molecule has 0 spiro atoms. The molecular formula is C11H16N2O. The summed E-state index contributed by atoms with van der Waals surface area (Å²) in [4.78, 5) is 6.47. The van der Waals surface area contributed by atoms with Gasteiger partial charge < -0.3 is 5.11 Å². The van der Waals surface area contributed by atoms with Crippen LogP contribution in [0.3, 0.4) is 0 Å². The molecule has 2 rings (SSSR count). The fourth-order valence-corrected chi connectivity index (χ4v) is 2.17. The first kappa shape index (κ1) is 9.62. The van der Waals surface area contributed by atoms with Crippen molar-refractivity contribution in [3.8, 4) is 0 Å². The highest BCUT2D eigenvalue weighted by molar-refractivity contribution is 5.15. The van der Waals surface area contributed by atoms with Crippen LogP contribution in [0.4, 0.5) is 0 Å². The highest BCUT2D eigenvalue weighted by Crippen LogP contribution is 2.30. The van der Waals surface area contributed by atoms with Gasteiger partial charge in [-0.2, -0.15) is 0 Å². The zero-order valence-corrected chi connectivity index (χ0v) is 8.26. The molecule has 1 aliphatic rings. The van der Waals surface area contributed by atoms with Gasteiger partial charge in [-0.05, 0) is 31.0 Å². The summed E-state index contributed by atoms with van der Waals surface area (Å²) < 4.78 is 0. The molecule has 3 nitrogen and oxygen atoms in total. The third-order valence-electron chi connectivity index (χ3n) is 2.82. The van der Waals surface area contributed by atoms with Crippen LogP contribution in [-0.4, -0.2) is 34.7 Å². The minimum atomic E-state index is 0.247. The average Bonchev–Trinajstić information content (AvgIpc) is 2.68. The zero-order valence-electron chi connectivity index (χ0n) is 8.26. The van der Waals surface area contributed by atoms with E-state index in [-0.39, 0.29) is 6.61 Å². The van der Waals surface area contributed by atoms with Crippen LogP contribution in [0.15, 0.2) is 24.5 Å². The maximum atomic E-state index is 8.93. The Morgan fingerprint density at radius 1 is 1.57 bits per heavy atom. The van der Waals surface area contributed by atoms with Gasteiger partial charge in [-0.3, -0.25) is 9.88 Å². The van der Waals surface area contributed by atoms with E-state index in [1.54, 1.807) is 6.20 Å². The van der Waals surface area contributed by atoms with Crippen molar-refractivity contribution in [2.24, 2.45) is 0 Å². The summed E-state index contributed by atoms with van der Waals surface area (Å²) in [5.74, 6) is 0. The maximum absolute atomic E-state index is 8.93. The molecule has 1 aromatic rings. The smallest absolute Gasteiger partial charge is 0.0558 e. The molecule has 1 fully saturated rings. The number of likely N-dealkylation sites (tertiary alicyclic amines) is 1. The van der Waals surface area contributed by atoms with Gasteiger partial charge in [0.25, 0.3) is 0 Å². The number of pyridine rings is 1. The zero-order chi connectivity index (χ0) is 9.80. The molecule has 1 atom stereocenters. The minimum Gasteiger partial charge on any atom is -0.395 e. The molecular weight excluding hydrogens is 176 g/mol. The predicted molar refractivity (Wildman–Crippen MR) is 54.9 cm³/mol. The van der Waals surface area contributed by atoms with Gasteiger partial charge in [0.2, 0.25) is 0 Å². The van der Waals surface area contributed by atoms with Crippen LogP contribution >= 0.6 is 0 Å². The Hall–Kier alpha value is -0.930. The van der Waals surface area contributed by atoms with Gasteiger partial charge >= 0.3 is 0 Å². The second-order valence-electron chi connectivity index (χ2n) is 3.70. The van der Waals surface area contributed by atoms with Crippen LogP contribution in [0.5, 0.6) is 0 Å². The number of rotatable bonds is 3. The van der Waals surface area contributed by atoms with E-state index in [1.807, 2.05) is 12.3 Å². The number of aliphatic hydroxyl groups excluding tert-OH is 1. The van der Waals surface area contributed by atoms with E-state index in [0.29, 0.717) is 6.04 Å². The molecule has 2 heterocycles. The van der Waals surface area contributed by atoms with Gasteiger partial charge in [0.05, 0.1) is 6.61 Å². The molecule has 0 unspecified atom stereocenters. The van der Waals surface area contributed by atoms with Gasteiger partial charge in [0, 0.05) is 25.0 Å². The lowest BCUT2D eigenvalue weighted by atomic mass is 10.1. The molecule has 3 heteroatoms. The van der Waals surface area contributed by atoms with Gasteiger partial charge in [0.1, 0.15) is 0 Å². The van der Waals surface area contributed by atoms with Gasteiger partial charge in [0.15, 0.2) is 0 Å². The molecule has 76 valence electrons. The molecule has 1 N–H and O–H groups in total. The van der Waals surface area contributed by atoms with E-state index < -0.39 is 0 Å². The summed E-state index contributed by atoms with van der Waals surface area (Å²) in [5.41, 5.74) is 1.28. The molecule has 1 aliphatic heterocycles. The van der Waals surface area contributed by atoms with Crippen molar-refractivity contribution < 1.29 is 5.11 Å². The summed E-state index contributed by atoms with van der Waals surface area (Å²) in [7, 11) is 0. The van der Waals surface area contributed by atoms with Gasteiger partial charge in [-0.25, -0.2) is 0 Å². The summed E-state index contributed by atoms with van der Waals surface area (Å²) in [6.07, 6.45) is 6.14. The second-order valence-corrected chi connectivity index (χ2v) is 3.70. The van der Waals surface area contributed by atoms with Crippen molar-refractivity contribution in [2.45, 2.75) is 18.9 Å². The Morgan fingerprint density at radius 2 is 2.50 bits per heavy atom. The summed E-state index contributed by atoms with van der Waals surface area (Å²) in [5, 5.41) is 8.93. The Kier molecular flexibility index (Phi) is 3.11. The van der Waals surface area contributed by atoms with E-state index in [9.17, 15) is 0 Å². The Balaban J connectivity index is 2.10. The maximum Gasteiger partial charge on any atom is 0.0558 e. The molecule has 0 aliphatic carbocycles. The molecule has 1 aromatic heterocycles. The second kappa shape index (κ2) is 4.53. The van der Waals surface area contributed by atoms with E-state index in [4.69, 9.17) is 5.11 Å². The summed E-state index contributed by atoms with van der Waals surface area (Å²) in [6, 6.07) is 4.56. The Bertz CT molecular complexity index is 276. The normalized spacial score (nSPS) is 22.8. The largest absolute Gasteiger partial charge is 0.395 e. The fraction of sp³-hybridized carbons (Fsp3) is 0.545. The predicted octanol–water partition coefficient (Wildman–Crippen LogP) is 1.21. The summed E-state index contributed by atoms with van der Waals surface area (Å²) >= 11 is 0. The SMILES string of the molecule is OCCN1CCC[C@H]1c1cccnc1. The average molecular weight is 192 g/mol. The summed E-state index contributed by atoms with van der Waals surface area (Å²) in [6.45, 7) is 2.12. The molecule has 1 saturated heterocycles. The van der Waals surface area contributed by atoms with Crippen molar-refractivity contribution in [3.05, 3.63) is 30.1 Å². The monoisotopic (exact) mass is 192 g/mol. The minimum absolute atomic E-state index is 0.247. The molecule has 0 radical (unpaired) electrons. The van der Waals surface area contributed by atoms with E-state index in [2.05, 4.69) is 16.0 Å². The standard InChI is InChI=1S/C11H16N2O/c14-8-7-13-6-2-4-11(13)10-3-1-5-12-9-10/h1,3,5,9,11,14H,2,4,6-8H2/t11-/m0/s1. The number of aliphatic hydroxyl groups is 1. The quantitative estimate of drug-likeness (QED) is 0.782. The van der Waals surface area contributed by atoms with Gasteiger partial charge in [-0.15, -0.1) is 0 Å². The first-order valence-corrected chi connectivity index (χ1v) is 5.16. The first-order valence-electron chi connectivity index (χ1n) is 5.16. The lowest BCUT2D eigenvalue weighted by Gasteiger charge is -2.23. The van der Waals surface area contributed by atoms with Crippen LogP contribution in [0.1, 0.15) is 24.4 Å². The Labute approximate surface area is 84.4 Å². The highest BCUT2D eigenvalue weighted by atomic mass is 16.3. The first-order chi connectivity index (χ1) is 6.92.